The molecule has 0 atom stereocenters. The Balaban J connectivity index is 2.14. The van der Waals surface area contributed by atoms with Crippen molar-refractivity contribution in [2.75, 3.05) is 13.1 Å². The molecule has 0 saturated carbocycles. The van der Waals surface area contributed by atoms with Crippen molar-refractivity contribution in [2.45, 2.75) is 20.4 Å². The number of carbonyl (C=O) groups excluding carboxylic acids is 1. The normalized spacial score (nSPS) is 10.9. The quantitative estimate of drug-likeness (QED) is 0.717. The fraction of sp³-hybridized carbons (Fsp3) is 0.278. The van der Waals surface area contributed by atoms with Crippen LogP contribution < -0.4 is 5.56 Å². The van der Waals surface area contributed by atoms with Crippen LogP contribution in [0.25, 0.3) is 21.3 Å². The summed E-state index contributed by atoms with van der Waals surface area (Å²) in [6.07, 6.45) is 0. The van der Waals surface area contributed by atoms with E-state index in [4.69, 9.17) is 0 Å². The number of aromatic nitrogens is 2. The first kappa shape index (κ1) is 16.4. The maximum Gasteiger partial charge on any atom is 0.275 e. The van der Waals surface area contributed by atoms with E-state index >= 15 is 0 Å². The molecule has 0 bridgehead atoms. The Kier molecular flexibility index (Phi) is 4.76. The number of thiophene rings is 1. The third kappa shape index (κ3) is 2.97. The zero-order valence-electron chi connectivity index (χ0n) is 13.7. The molecular formula is C18H19N3O2S. The molecule has 0 saturated heterocycles. The van der Waals surface area contributed by atoms with Crippen LogP contribution in [-0.4, -0.2) is 33.7 Å². The second-order valence-electron chi connectivity index (χ2n) is 5.40. The molecular weight excluding hydrogens is 322 g/mol. The predicted molar refractivity (Wildman–Crippen MR) is 97.2 cm³/mol. The van der Waals surface area contributed by atoms with E-state index in [9.17, 15) is 9.59 Å². The largest absolute Gasteiger partial charge is 0.342 e. The number of amides is 1. The van der Waals surface area contributed by atoms with Gasteiger partial charge in [0, 0.05) is 18.5 Å². The molecule has 124 valence electrons. The van der Waals surface area contributed by atoms with Gasteiger partial charge in [-0.3, -0.25) is 9.59 Å². The first-order chi connectivity index (χ1) is 11.7. The van der Waals surface area contributed by atoms with Gasteiger partial charge in [-0.2, -0.15) is 5.10 Å². The van der Waals surface area contributed by atoms with E-state index in [1.807, 2.05) is 49.6 Å². The second kappa shape index (κ2) is 6.97. The Labute approximate surface area is 144 Å². The lowest BCUT2D eigenvalue weighted by Gasteiger charge is -2.19. The van der Waals surface area contributed by atoms with E-state index in [1.54, 1.807) is 22.3 Å². The maximum absolute atomic E-state index is 12.7. The average molecular weight is 341 g/mol. The molecule has 5 nitrogen and oxygen atoms in total. The Bertz CT molecular complexity index is 912. The minimum Gasteiger partial charge on any atom is -0.342 e. The molecule has 0 unspecified atom stereocenters. The molecule has 0 aliphatic rings. The van der Waals surface area contributed by atoms with Crippen LogP contribution in [0.5, 0.6) is 0 Å². The zero-order chi connectivity index (χ0) is 17.1. The minimum absolute atomic E-state index is 0.0380. The topological polar surface area (TPSA) is 55.2 Å². The Morgan fingerprint density at radius 1 is 1.12 bits per heavy atom. The molecule has 2 aromatic heterocycles. The molecule has 24 heavy (non-hydrogen) atoms. The van der Waals surface area contributed by atoms with Crippen LogP contribution in [0.15, 0.2) is 46.6 Å². The highest BCUT2D eigenvalue weighted by Crippen LogP contribution is 2.28. The van der Waals surface area contributed by atoms with Crippen molar-refractivity contribution < 1.29 is 4.79 Å². The highest BCUT2D eigenvalue weighted by molar-refractivity contribution is 7.13. The molecule has 3 rings (SSSR count). The summed E-state index contributed by atoms with van der Waals surface area (Å²) in [7, 11) is 0. The third-order valence-electron chi connectivity index (χ3n) is 4.02. The molecule has 0 aliphatic heterocycles. The lowest BCUT2D eigenvalue weighted by Crippen LogP contribution is -2.37. The number of carbonyl (C=O) groups is 1. The molecule has 0 N–H and O–H groups in total. The summed E-state index contributed by atoms with van der Waals surface area (Å²) in [5.41, 5.74) is 0.513. The van der Waals surface area contributed by atoms with Gasteiger partial charge in [0.05, 0.1) is 10.3 Å². The molecule has 1 amide bonds. The molecule has 0 radical (unpaired) electrons. The van der Waals surface area contributed by atoms with Gasteiger partial charge in [-0.05, 0) is 31.4 Å². The highest BCUT2D eigenvalue weighted by atomic mass is 32.1. The summed E-state index contributed by atoms with van der Waals surface area (Å²) < 4.78 is 1.29. The van der Waals surface area contributed by atoms with Gasteiger partial charge < -0.3 is 4.90 Å². The molecule has 0 spiro atoms. The summed E-state index contributed by atoms with van der Waals surface area (Å²) in [5.74, 6) is -0.0954. The predicted octanol–water partition coefficient (Wildman–Crippen LogP) is 2.99. The molecule has 1 aromatic carbocycles. The number of fused-ring (bicyclic) bond motifs is 1. The number of benzene rings is 1. The average Bonchev–Trinajstić information content (AvgIpc) is 3.13. The van der Waals surface area contributed by atoms with E-state index in [2.05, 4.69) is 5.10 Å². The third-order valence-corrected chi connectivity index (χ3v) is 4.90. The minimum atomic E-state index is -0.230. The van der Waals surface area contributed by atoms with Crippen molar-refractivity contribution in [3.63, 3.8) is 0 Å². The van der Waals surface area contributed by atoms with E-state index in [1.165, 1.54) is 4.68 Å². The van der Waals surface area contributed by atoms with Crippen molar-refractivity contribution in [1.29, 1.82) is 0 Å². The standard InChI is InChI=1S/C18H19N3O2S/c1-3-20(4-2)16(22)12-21-18(23)14-9-6-5-8-13(14)17(19-21)15-10-7-11-24-15/h5-11H,3-4,12H2,1-2H3. The highest BCUT2D eigenvalue weighted by Gasteiger charge is 2.16. The SMILES string of the molecule is CCN(CC)C(=O)Cn1nc(-c2cccs2)c2ccccc2c1=O. The van der Waals surface area contributed by atoms with Crippen molar-refractivity contribution in [2.24, 2.45) is 0 Å². The zero-order valence-corrected chi connectivity index (χ0v) is 14.5. The fourth-order valence-electron chi connectivity index (χ4n) is 2.74. The van der Waals surface area contributed by atoms with Gasteiger partial charge in [-0.15, -0.1) is 11.3 Å². The van der Waals surface area contributed by atoms with Gasteiger partial charge in [0.2, 0.25) is 5.91 Å². The van der Waals surface area contributed by atoms with Gasteiger partial charge in [0.25, 0.3) is 5.56 Å². The monoisotopic (exact) mass is 341 g/mol. The Morgan fingerprint density at radius 2 is 1.83 bits per heavy atom. The second-order valence-corrected chi connectivity index (χ2v) is 6.35. The van der Waals surface area contributed by atoms with Crippen molar-refractivity contribution in [3.05, 3.63) is 52.1 Å². The number of likely N-dealkylation sites (N-methyl/N-ethyl adjacent to an activating group) is 1. The van der Waals surface area contributed by atoms with Crippen LogP contribution in [0, 0.1) is 0 Å². The fourth-order valence-corrected chi connectivity index (χ4v) is 3.47. The van der Waals surface area contributed by atoms with Crippen LogP contribution >= 0.6 is 11.3 Å². The summed E-state index contributed by atoms with van der Waals surface area (Å²) >= 11 is 1.57. The number of nitrogens with zero attached hydrogens (tertiary/aromatic N) is 3. The molecule has 3 aromatic rings. The van der Waals surface area contributed by atoms with Crippen LogP contribution in [0.3, 0.4) is 0 Å². The van der Waals surface area contributed by atoms with Crippen molar-refractivity contribution in [1.82, 2.24) is 14.7 Å². The smallest absolute Gasteiger partial charge is 0.275 e. The Hall–Kier alpha value is -2.47. The van der Waals surface area contributed by atoms with Crippen LogP contribution in [0.2, 0.25) is 0 Å². The van der Waals surface area contributed by atoms with E-state index < -0.39 is 0 Å². The lowest BCUT2D eigenvalue weighted by atomic mass is 10.1. The van der Waals surface area contributed by atoms with E-state index in [-0.39, 0.29) is 18.0 Å². The van der Waals surface area contributed by atoms with E-state index in [0.29, 0.717) is 18.5 Å². The number of rotatable bonds is 5. The Morgan fingerprint density at radius 3 is 2.46 bits per heavy atom. The van der Waals surface area contributed by atoms with E-state index in [0.717, 1.165) is 16.0 Å². The molecule has 0 aliphatic carbocycles. The first-order valence-corrected chi connectivity index (χ1v) is 8.85. The summed E-state index contributed by atoms with van der Waals surface area (Å²) in [5, 5.41) is 7.88. The van der Waals surface area contributed by atoms with Gasteiger partial charge in [-0.25, -0.2) is 4.68 Å². The van der Waals surface area contributed by atoms with Gasteiger partial charge >= 0.3 is 0 Å². The van der Waals surface area contributed by atoms with Crippen molar-refractivity contribution in [3.8, 4) is 10.6 Å². The number of hydrogen-bond acceptors (Lipinski definition) is 4. The summed E-state index contributed by atoms with van der Waals surface area (Å²) in [6.45, 7) is 5.05. The molecule has 2 heterocycles. The van der Waals surface area contributed by atoms with Crippen LogP contribution in [0.4, 0.5) is 0 Å². The summed E-state index contributed by atoms with van der Waals surface area (Å²) in [6, 6.07) is 11.3. The first-order valence-electron chi connectivity index (χ1n) is 7.97. The van der Waals surface area contributed by atoms with Crippen LogP contribution in [-0.2, 0) is 11.3 Å². The van der Waals surface area contributed by atoms with Gasteiger partial charge in [0.15, 0.2) is 0 Å². The maximum atomic E-state index is 12.7. The van der Waals surface area contributed by atoms with Crippen molar-refractivity contribution >= 4 is 28.0 Å². The molecule has 0 fully saturated rings. The van der Waals surface area contributed by atoms with Crippen LogP contribution in [0.1, 0.15) is 13.8 Å². The lowest BCUT2D eigenvalue weighted by molar-refractivity contribution is -0.131. The van der Waals surface area contributed by atoms with Gasteiger partial charge in [-0.1, -0.05) is 24.3 Å². The summed E-state index contributed by atoms with van der Waals surface area (Å²) in [4.78, 5) is 27.8. The molecule has 6 heteroatoms. The number of hydrogen-bond donors (Lipinski definition) is 0. The van der Waals surface area contributed by atoms with Gasteiger partial charge in [0.1, 0.15) is 12.2 Å².